The van der Waals surface area contributed by atoms with Gasteiger partial charge in [-0.3, -0.25) is 9.69 Å². The Balaban J connectivity index is 2.94. The third-order valence-electron chi connectivity index (χ3n) is 3.28. The van der Waals surface area contributed by atoms with Gasteiger partial charge in [0.25, 0.3) is 0 Å². The number of hydrogen-bond donors (Lipinski definition) is 0. The van der Waals surface area contributed by atoms with Gasteiger partial charge in [-0.25, -0.2) is 0 Å². The molecule has 4 nitrogen and oxygen atoms in total. The van der Waals surface area contributed by atoms with E-state index in [2.05, 4.69) is 13.0 Å². The lowest BCUT2D eigenvalue weighted by Crippen LogP contribution is -2.63. The van der Waals surface area contributed by atoms with E-state index in [0.717, 1.165) is 6.54 Å². The van der Waals surface area contributed by atoms with Gasteiger partial charge in [0.2, 0.25) is 5.91 Å². The first kappa shape index (κ1) is 13.0. The smallest absolute Gasteiger partial charge is 0.241 e. The summed E-state index contributed by atoms with van der Waals surface area (Å²) in [5.41, 5.74) is -0.166. The molecule has 0 N–H and O–H groups in total. The Morgan fingerprint density at radius 1 is 1.50 bits per heavy atom. The van der Waals surface area contributed by atoms with Gasteiger partial charge >= 0.3 is 0 Å². The fraction of sp³-hybridized carbons (Fsp3) is 0.833. The molecule has 1 aliphatic rings. The Kier molecular flexibility index (Phi) is 3.59. The van der Waals surface area contributed by atoms with E-state index in [4.69, 9.17) is 5.26 Å². The largest absolute Gasteiger partial charge is 0.335 e. The van der Waals surface area contributed by atoms with Crippen LogP contribution >= 0.6 is 0 Å². The Morgan fingerprint density at radius 3 is 2.50 bits per heavy atom. The molecule has 2 atom stereocenters. The van der Waals surface area contributed by atoms with Gasteiger partial charge in [-0.1, -0.05) is 0 Å². The molecule has 1 saturated heterocycles. The van der Waals surface area contributed by atoms with Crippen LogP contribution in [0.5, 0.6) is 0 Å². The molecule has 1 aliphatic heterocycles. The van der Waals surface area contributed by atoms with Crippen LogP contribution in [0.4, 0.5) is 0 Å². The number of likely N-dealkylation sites (N-methyl/N-ethyl adjacent to an activating group) is 1. The highest BCUT2D eigenvalue weighted by Gasteiger charge is 2.40. The molecule has 0 bridgehead atoms. The van der Waals surface area contributed by atoms with Crippen molar-refractivity contribution in [3.8, 4) is 6.07 Å². The van der Waals surface area contributed by atoms with Crippen LogP contribution < -0.4 is 0 Å². The van der Waals surface area contributed by atoms with Crippen molar-refractivity contribution in [1.82, 2.24) is 9.80 Å². The van der Waals surface area contributed by atoms with Gasteiger partial charge in [0.1, 0.15) is 6.04 Å². The molecule has 16 heavy (non-hydrogen) atoms. The highest BCUT2D eigenvalue weighted by molar-refractivity contribution is 5.83. The van der Waals surface area contributed by atoms with Crippen LogP contribution in [-0.4, -0.2) is 46.9 Å². The zero-order valence-electron chi connectivity index (χ0n) is 10.8. The van der Waals surface area contributed by atoms with Crippen LogP contribution in [0.1, 0.15) is 34.1 Å². The molecule has 90 valence electrons. The summed E-state index contributed by atoms with van der Waals surface area (Å²) in [6.45, 7) is 8.93. The van der Waals surface area contributed by atoms with Crippen molar-refractivity contribution in [3.05, 3.63) is 0 Å². The Morgan fingerprint density at radius 2 is 2.06 bits per heavy atom. The molecule has 0 spiro atoms. The first-order chi connectivity index (χ1) is 7.29. The van der Waals surface area contributed by atoms with E-state index in [-0.39, 0.29) is 23.9 Å². The van der Waals surface area contributed by atoms with Gasteiger partial charge in [-0.15, -0.1) is 0 Å². The lowest BCUT2D eigenvalue weighted by atomic mass is 9.97. The van der Waals surface area contributed by atoms with Crippen LogP contribution in [0.2, 0.25) is 0 Å². The van der Waals surface area contributed by atoms with Crippen LogP contribution in [0, 0.1) is 11.3 Å². The number of piperazine rings is 1. The van der Waals surface area contributed by atoms with Crippen molar-refractivity contribution in [3.63, 3.8) is 0 Å². The first-order valence-corrected chi connectivity index (χ1v) is 5.69. The number of hydrogen-bond acceptors (Lipinski definition) is 3. The van der Waals surface area contributed by atoms with E-state index in [1.165, 1.54) is 0 Å². The third kappa shape index (κ3) is 2.35. The second-order valence-electron chi connectivity index (χ2n) is 5.51. The van der Waals surface area contributed by atoms with Crippen LogP contribution in [0.3, 0.4) is 0 Å². The van der Waals surface area contributed by atoms with E-state index in [1.54, 1.807) is 0 Å². The minimum Gasteiger partial charge on any atom is -0.335 e. The second kappa shape index (κ2) is 4.42. The van der Waals surface area contributed by atoms with E-state index in [9.17, 15) is 4.79 Å². The minimum absolute atomic E-state index is 0.0784. The molecule has 4 heteroatoms. The monoisotopic (exact) mass is 223 g/mol. The predicted octanol–water partition coefficient (Wildman–Crippen LogP) is 1.23. The maximum Gasteiger partial charge on any atom is 0.241 e. The molecule has 0 aliphatic carbocycles. The number of nitrogens with zero attached hydrogens (tertiary/aromatic N) is 3. The van der Waals surface area contributed by atoms with Crippen LogP contribution in [0.25, 0.3) is 0 Å². The van der Waals surface area contributed by atoms with Crippen molar-refractivity contribution in [2.24, 2.45) is 0 Å². The van der Waals surface area contributed by atoms with Crippen LogP contribution in [-0.2, 0) is 4.79 Å². The molecule has 1 fully saturated rings. The van der Waals surface area contributed by atoms with E-state index >= 15 is 0 Å². The molecule has 0 aromatic carbocycles. The summed E-state index contributed by atoms with van der Waals surface area (Å²) in [6, 6.07) is 2.12. The summed E-state index contributed by atoms with van der Waals surface area (Å²) in [7, 11) is 1.92. The average Bonchev–Trinajstić information content (AvgIpc) is 2.16. The molecule has 0 aromatic heterocycles. The van der Waals surface area contributed by atoms with Gasteiger partial charge in [0.05, 0.1) is 12.5 Å². The first-order valence-electron chi connectivity index (χ1n) is 5.69. The average molecular weight is 223 g/mol. The van der Waals surface area contributed by atoms with Gasteiger partial charge in [-0.2, -0.15) is 5.26 Å². The number of carbonyl (C=O) groups is 1. The second-order valence-corrected chi connectivity index (χ2v) is 5.51. The fourth-order valence-electron chi connectivity index (χ4n) is 2.07. The Hall–Kier alpha value is -1.08. The van der Waals surface area contributed by atoms with E-state index in [0.29, 0.717) is 6.04 Å². The van der Waals surface area contributed by atoms with E-state index in [1.807, 2.05) is 37.6 Å². The van der Waals surface area contributed by atoms with Crippen molar-refractivity contribution >= 4 is 5.91 Å². The third-order valence-corrected chi connectivity index (χ3v) is 3.28. The van der Waals surface area contributed by atoms with Gasteiger partial charge in [0.15, 0.2) is 0 Å². The quantitative estimate of drug-likeness (QED) is 0.671. The maximum atomic E-state index is 12.3. The summed E-state index contributed by atoms with van der Waals surface area (Å²) in [6.07, 6.45) is 0.270. The molecule has 0 radical (unpaired) electrons. The van der Waals surface area contributed by atoms with Gasteiger partial charge in [0, 0.05) is 18.1 Å². The maximum absolute atomic E-state index is 12.3. The highest BCUT2D eigenvalue weighted by Crippen LogP contribution is 2.24. The number of nitriles is 1. The lowest BCUT2D eigenvalue weighted by Gasteiger charge is -2.47. The molecular formula is C12H21N3O. The summed E-state index contributed by atoms with van der Waals surface area (Å²) >= 11 is 0. The van der Waals surface area contributed by atoms with Gasteiger partial charge < -0.3 is 4.90 Å². The summed E-state index contributed by atoms with van der Waals surface area (Å²) in [5, 5.41) is 8.78. The number of rotatable bonds is 1. The van der Waals surface area contributed by atoms with Crippen molar-refractivity contribution in [2.75, 3.05) is 13.6 Å². The van der Waals surface area contributed by atoms with Crippen molar-refractivity contribution in [1.29, 1.82) is 5.26 Å². The van der Waals surface area contributed by atoms with Crippen molar-refractivity contribution in [2.45, 2.75) is 51.7 Å². The number of amides is 1. The molecule has 1 rings (SSSR count). The standard InChI is InChI=1S/C12H21N3O/c1-9-8-15(12(2,3)4)11(16)10(6-7-13)14(9)5/h9-10H,6,8H2,1-5H3. The molecule has 2 unspecified atom stereocenters. The van der Waals surface area contributed by atoms with Crippen LogP contribution in [0.15, 0.2) is 0 Å². The normalized spacial score (nSPS) is 28.0. The zero-order valence-corrected chi connectivity index (χ0v) is 10.8. The summed E-state index contributed by atoms with van der Waals surface area (Å²) in [4.78, 5) is 16.1. The Labute approximate surface area is 97.8 Å². The fourth-order valence-corrected chi connectivity index (χ4v) is 2.07. The minimum atomic E-state index is -0.284. The predicted molar refractivity (Wildman–Crippen MR) is 62.7 cm³/mol. The molecular weight excluding hydrogens is 202 g/mol. The topological polar surface area (TPSA) is 47.3 Å². The molecule has 1 heterocycles. The summed E-state index contributed by atoms with van der Waals surface area (Å²) < 4.78 is 0. The number of carbonyl (C=O) groups excluding carboxylic acids is 1. The lowest BCUT2D eigenvalue weighted by molar-refractivity contribution is -0.149. The SMILES string of the molecule is CC1CN(C(C)(C)C)C(=O)C(CC#N)N1C. The van der Waals surface area contributed by atoms with Gasteiger partial charge in [-0.05, 0) is 34.7 Å². The molecule has 0 aromatic rings. The highest BCUT2D eigenvalue weighted by atomic mass is 16.2. The van der Waals surface area contributed by atoms with E-state index < -0.39 is 0 Å². The van der Waals surface area contributed by atoms with Crippen molar-refractivity contribution < 1.29 is 4.79 Å². The Bertz CT molecular complexity index is 313. The zero-order chi connectivity index (χ0) is 12.5. The molecule has 0 saturated carbocycles. The summed E-state index contributed by atoms with van der Waals surface area (Å²) in [5.74, 6) is 0.0784. The molecule has 1 amide bonds.